The second-order valence-corrected chi connectivity index (χ2v) is 5.42. The van der Waals surface area contributed by atoms with Crippen LogP contribution < -0.4 is 5.32 Å². The monoisotopic (exact) mass is 263 g/mol. The molecule has 1 aliphatic carbocycles. The number of anilines is 1. The Bertz CT molecular complexity index is 709. The van der Waals surface area contributed by atoms with Gasteiger partial charge in [-0.2, -0.15) is 0 Å². The highest BCUT2D eigenvalue weighted by atomic mass is 16.1. The van der Waals surface area contributed by atoms with E-state index in [1.165, 1.54) is 22.3 Å². The molecule has 0 aliphatic heterocycles. The van der Waals surface area contributed by atoms with Crippen LogP contribution in [-0.4, -0.2) is 5.91 Å². The van der Waals surface area contributed by atoms with Crippen LogP contribution in [0, 0.1) is 0 Å². The number of rotatable bonds is 2. The second kappa shape index (κ2) is 4.97. The zero-order chi connectivity index (χ0) is 14.1. The average Bonchev–Trinajstić information content (AvgIpc) is 2.75. The number of hydrogen-bond donors (Lipinski definition) is 1. The Balaban J connectivity index is 1.88. The maximum absolute atomic E-state index is 11.8. The van der Waals surface area contributed by atoms with Crippen LogP contribution >= 0.6 is 0 Å². The molecule has 3 rings (SSSR count). The molecule has 0 saturated heterocycles. The topological polar surface area (TPSA) is 29.1 Å². The fourth-order valence-electron chi connectivity index (χ4n) is 2.66. The van der Waals surface area contributed by atoms with Gasteiger partial charge in [0, 0.05) is 11.8 Å². The molecule has 2 heteroatoms. The van der Waals surface area contributed by atoms with Crippen LogP contribution in [0.4, 0.5) is 5.69 Å². The lowest BCUT2D eigenvalue weighted by Gasteiger charge is -2.06. The summed E-state index contributed by atoms with van der Waals surface area (Å²) in [5.41, 5.74) is 7.08. The molecule has 0 saturated carbocycles. The van der Waals surface area contributed by atoms with Crippen LogP contribution in [0.25, 0.3) is 11.1 Å². The molecule has 0 fully saturated rings. The van der Waals surface area contributed by atoms with Crippen molar-refractivity contribution in [1.82, 2.24) is 0 Å². The van der Waals surface area contributed by atoms with E-state index in [1.807, 2.05) is 19.9 Å². The molecule has 0 atom stereocenters. The highest BCUT2D eigenvalue weighted by Gasteiger charge is 2.17. The summed E-state index contributed by atoms with van der Waals surface area (Å²) in [6.45, 7) is 3.83. The highest BCUT2D eigenvalue weighted by molar-refractivity contribution is 6.00. The molecule has 0 unspecified atom stereocenters. The van der Waals surface area contributed by atoms with E-state index < -0.39 is 0 Å². The first-order chi connectivity index (χ1) is 9.63. The third-order valence-corrected chi connectivity index (χ3v) is 3.48. The molecule has 1 amide bonds. The lowest BCUT2D eigenvalue weighted by atomic mass is 10.1. The maximum atomic E-state index is 11.8. The van der Waals surface area contributed by atoms with E-state index >= 15 is 0 Å². The Morgan fingerprint density at radius 1 is 1.05 bits per heavy atom. The first kappa shape index (κ1) is 12.7. The molecule has 0 spiro atoms. The third-order valence-electron chi connectivity index (χ3n) is 3.48. The lowest BCUT2D eigenvalue weighted by molar-refractivity contribution is -0.111. The summed E-state index contributed by atoms with van der Waals surface area (Å²) < 4.78 is 0. The third kappa shape index (κ3) is 2.37. The van der Waals surface area contributed by atoms with Gasteiger partial charge in [-0.3, -0.25) is 4.79 Å². The van der Waals surface area contributed by atoms with Crippen molar-refractivity contribution >= 4 is 11.6 Å². The van der Waals surface area contributed by atoms with E-state index in [0.29, 0.717) is 0 Å². The van der Waals surface area contributed by atoms with Crippen molar-refractivity contribution in [3.63, 3.8) is 0 Å². The lowest BCUT2D eigenvalue weighted by Crippen LogP contribution is -2.08. The maximum Gasteiger partial charge on any atom is 0.248 e. The molecule has 2 aromatic rings. The van der Waals surface area contributed by atoms with Crippen LogP contribution in [0.15, 0.2) is 54.1 Å². The summed E-state index contributed by atoms with van der Waals surface area (Å²) >= 11 is 0. The molecule has 0 heterocycles. The summed E-state index contributed by atoms with van der Waals surface area (Å²) in [5, 5.41) is 2.91. The van der Waals surface area contributed by atoms with E-state index in [9.17, 15) is 4.79 Å². The van der Waals surface area contributed by atoms with Crippen molar-refractivity contribution < 1.29 is 4.79 Å². The number of carbonyl (C=O) groups is 1. The van der Waals surface area contributed by atoms with Crippen molar-refractivity contribution in [3.05, 3.63) is 65.2 Å². The predicted octanol–water partition coefficient (Wildman–Crippen LogP) is 4.16. The van der Waals surface area contributed by atoms with E-state index in [0.717, 1.165) is 17.7 Å². The van der Waals surface area contributed by atoms with Gasteiger partial charge in [0.05, 0.1) is 0 Å². The number of allylic oxidation sites excluding steroid dienone is 1. The highest BCUT2D eigenvalue weighted by Crippen LogP contribution is 2.37. The van der Waals surface area contributed by atoms with Crippen molar-refractivity contribution in [1.29, 1.82) is 0 Å². The number of carbonyl (C=O) groups excluding carboxylic acids is 1. The number of nitrogens with one attached hydrogen (secondary N) is 1. The quantitative estimate of drug-likeness (QED) is 0.691. The Labute approximate surface area is 119 Å². The van der Waals surface area contributed by atoms with E-state index in [1.54, 1.807) is 6.08 Å². The molecule has 2 nitrogen and oxygen atoms in total. The van der Waals surface area contributed by atoms with Crippen LogP contribution in [0.1, 0.15) is 25.0 Å². The van der Waals surface area contributed by atoms with Crippen molar-refractivity contribution in [2.24, 2.45) is 0 Å². The standard InChI is InChI=1S/C18H17NO/c1-12(2)9-18(20)19-15-7-8-17-14(11-15)10-13-5-3-4-6-16(13)17/h3-9,11H,10H2,1-2H3,(H,19,20). The molecule has 1 N–H and O–H groups in total. The van der Waals surface area contributed by atoms with Gasteiger partial charge >= 0.3 is 0 Å². The largest absolute Gasteiger partial charge is 0.323 e. The number of fused-ring (bicyclic) bond motifs is 3. The summed E-state index contributed by atoms with van der Waals surface area (Å²) in [5.74, 6) is -0.0690. The summed E-state index contributed by atoms with van der Waals surface area (Å²) in [4.78, 5) is 11.8. The fourth-order valence-corrected chi connectivity index (χ4v) is 2.66. The number of hydrogen-bond acceptors (Lipinski definition) is 1. The second-order valence-electron chi connectivity index (χ2n) is 5.42. The molecule has 0 radical (unpaired) electrons. The zero-order valence-electron chi connectivity index (χ0n) is 11.7. The molecular formula is C18H17NO. The molecule has 20 heavy (non-hydrogen) atoms. The Morgan fingerprint density at radius 2 is 1.80 bits per heavy atom. The molecule has 0 aromatic heterocycles. The van der Waals surface area contributed by atoms with Gasteiger partial charge < -0.3 is 5.32 Å². The van der Waals surface area contributed by atoms with Crippen LogP contribution in [0.3, 0.4) is 0 Å². The van der Waals surface area contributed by atoms with Gasteiger partial charge in [-0.1, -0.05) is 35.9 Å². The Hall–Kier alpha value is -2.35. The van der Waals surface area contributed by atoms with Gasteiger partial charge in [0.15, 0.2) is 0 Å². The molecule has 2 aromatic carbocycles. The summed E-state index contributed by atoms with van der Waals surface area (Å²) in [6.07, 6.45) is 2.56. The van der Waals surface area contributed by atoms with Gasteiger partial charge in [-0.25, -0.2) is 0 Å². The average molecular weight is 263 g/mol. The van der Waals surface area contributed by atoms with Gasteiger partial charge in [-0.15, -0.1) is 0 Å². The first-order valence-corrected chi connectivity index (χ1v) is 6.80. The Kier molecular flexibility index (Phi) is 3.15. The summed E-state index contributed by atoms with van der Waals surface area (Å²) in [6, 6.07) is 14.6. The van der Waals surface area contributed by atoms with E-state index in [-0.39, 0.29) is 5.91 Å². The normalized spacial score (nSPS) is 11.5. The van der Waals surface area contributed by atoms with Crippen molar-refractivity contribution in [3.8, 4) is 11.1 Å². The van der Waals surface area contributed by atoms with Gasteiger partial charge in [0.1, 0.15) is 0 Å². The van der Waals surface area contributed by atoms with Crippen molar-refractivity contribution in [2.45, 2.75) is 20.3 Å². The summed E-state index contributed by atoms with van der Waals surface area (Å²) in [7, 11) is 0. The number of benzene rings is 2. The van der Waals surface area contributed by atoms with E-state index in [2.05, 4.69) is 41.7 Å². The van der Waals surface area contributed by atoms with E-state index in [4.69, 9.17) is 0 Å². The molecular weight excluding hydrogens is 246 g/mol. The van der Waals surface area contributed by atoms with Crippen molar-refractivity contribution in [2.75, 3.05) is 5.32 Å². The van der Waals surface area contributed by atoms with Gasteiger partial charge in [0.2, 0.25) is 5.91 Å². The smallest absolute Gasteiger partial charge is 0.248 e. The van der Waals surface area contributed by atoms with Crippen LogP contribution in [0.2, 0.25) is 0 Å². The van der Waals surface area contributed by atoms with Gasteiger partial charge in [-0.05, 0) is 54.7 Å². The van der Waals surface area contributed by atoms with Crippen LogP contribution in [-0.2, 0) is 11.2 Å². The SMILES string of the molecule is CC(C)=CC(=O)Nc1ccc2c(c1)Cc1ccccc1-2. The first-order valence-electron chi connectivity index (χ1n) is 6.80. The zero-order valence-corrected chi connectivity index (χ0v) is 11.7. The number of amides is 1. The Morgan fingerprint density at radius 3 is 2.60 bits per heavy atom. The molecule has 1 aliphatic rings. The molecule has 100 valence electrons. The fraction of sp³-hybridized carbons (Fsp3) is 0.167. The minimum atomic E-state index is -0.0690. The van der Waals surface area contributed by atoms with Gasteiger partial charge in [0.25, 0.3) is 0 Å². The molecule has 0 bridgehead atoms. The minimum absolute atomic E-state index is 0.0690. The minimum Gasteiger partial charge on any atom is -0.323 e. The predicted molar refractivity (Wildman–Crippen MR) is 82.7 cm³/mol. The van der Waals surface area contributed by atoms with Crippen LogP contribution in [0.5, 0.6) is 0 Å².